The molecule has 0 aromatic carbocycles. The fourth-order valence-electron chi connectivity index (χ4n) is 3.21. The fourth-order valence-corrected chi connectivity index (χ4v) is 3.21. The summed E-state index contributed by atoms with van der Waals surface area (Å²) in [7, 11) is 1.89. The van der Waals surface area contributed by atoms with Gasteiger partial charge in [-0.3, -0.25) is 0 Å². The Morgan fingerprint density at radius 2 is 1.67 bits per heavy atom. The second-order valence-electron chi connectivity index (χ2n) is 5.64. The third-order valence-corrected chi connectivity index (χ3v) is 4.53. The lowest BCUT2D eigenvalue weighted by molar-refractivity contribution is 0.00496. The molecule has 0 spiro atoms. The average Bonchev–Trinajstić information content (AvgIpc) is 3.09. The first-order chi connectivity index (χ1) is 7.33. The Hall–Kier alpha value is -0.0400. The van der Waals surface area contributed by atoms with Crippen LogP contribution in [0.2, 0.25) is 0 Å². The van der Waals surface area contributed by atoms with E-state index in [1.165, 1.54) is 51.4 Å². The number of hydrogen-bond acceptors (Lipinski definition) is 1. The number of methoxy groups -OCH3 is 1. The van der Waals surface area contributed by atoms with E-state index in [0.29, 0.717) is 6.10 Å². The van der Waals surface area contributed by atoms with E-state index in [0.717, 1.165) is 17.8 Å². The van der Waals surface area contributed by atoms with Crippen molar-refractivity contribution >= 4 is 0 Å². The van der Waals surface area contributed by atoms with E-state index in [-0.39, 0.29) is 0 Å². The van der Waals surface area contributed by atoms with Crippen molar-refractivity contribution in [1.29, 1.82) is 0 Å². The topological polar surface area (TPSA) is 9.23 Å². The van der Waals surface area contributed by atoms with Crippen LogP contribution in [0.4, 0.5) is 0 Å². The van der Waals surface area contributed by atoms with Gasteiger partial charge in [0.2, 0.25) is 0 Å². The van der Waals surface area contributed by atoms with Gasteiger partial charge >= 0.3 is 0 Å². The zero-order chi connectivity index (χ0) is 10.7. The highest BCUT2D eigenvalue weighted by molar-refractivity contribution is 4.82. The molecule has 0 aromatic heterocycles. The molecule has 0 aliphatic heterocycles. The predicted octanol–water partition coefficient (Wildman–Crippen LogP) is 4.02. The SMILES string of the molecule is CC[C@H]1CC(CCC2CC2)CC[C@@H]1OC. The third kappa shape index (κ3) is 3.21. The average molecular weight is 210 g/mol. The van der Waals surface area contributed by atoms with E-state index in [4.69, 9.17) is 4.74 Å². The quantitative estimate of drug-likeness (QED) is 0.666. The van der Waals surface area contributed by atoms with Crippen LogP contribution in [0.5, 0.6) is 0 Å². The Kier molecular flexibility index (Phi) is 4.07. The standard InChI is InChI=1S/C14H26O/c1-3-13-10-12(7-6-11-4-5-11)8-9-14(13)15-2/h11-14H,3-10H2,1-2H3/t12?,13-,14-/m0/s1. The molecule has 1 heteroatoms. The van der Waals surface area contributed by atoms with Crippen LogP contribution in [0.1, 0.15) is 58.3 Å². The molecule has 1 unspecified atom stereocenters. The molecular weight excluding hydrogens is 184 g/mol. The Labute approximate surface area is 94.6 Å². The Bertz CT molecular complexity index is 186. The molecule has 2 saturated carbocycles. The number of ether oxygens (including phenoxy) is 1. The lowest BCUT2D eigenvalue weighted by Crippen LogP contribution is -2.30. The largest absolute Gasteiger partial charge is 0.381 e. The maximum Gasteiger partial charge on any atom is 0.0599 e. The fraction of sp³-hybridized carbons (Fsp3) is 1.00. The highest BCUT2D eigenvalue weighted by atomic mass is 16.5. The number of rotatable bonds is 5. The molecule has 2 rings (SSSR count). The summed E-state index contributed by atoms with van der Waals surface area (Å²) in [5.74, 6) is 2.97. The van der Waals surface area contributed by atoms with Gasteiger partial charge in [-0.2, -0.15) is 0 Å². The smallest absolute Gasteiger partial charge is 0.0599 e. The van der Waals surface area contributed by atoms with Crippen molar-refractivity contribution in [2.45, 2.75) is 64.4 Å². The van der Waals surface area contributed by atoms with Gasteiger partial charge in [0, 0.05) is 7.11 Å². The monoisotopic (exact) mass is 210 g/mol. The van der Waals surface area contributed by atoms with Gasteiger partial charge in [-0.25, -0.2) is 0 Å². The minimum absolute atomic E-state index is 0.562. The summed E-state index contributed by atoms with van der Waals surface area (Å²) in [5, 5.41) is 0. The van der Waals surface area contributed by atoms with Crippen molar-refractivity contribution in [2.75, 3.05) is 7.11 Å². The molecule has 0 bridgehead atoms. The van der Waals surface area contributed by atoms with Crippen LogP contribution in [0.25, 0.3) is 0 Å². The van der Waals surface area contributed by atoms with Crippen LogP contribution in [0.3, 0.4) is 0 Å². The van der Waals surface area contributed by atoms with E-state index in [2.05, 4.69) is 6.92 Å². The molecule has 2 aliphatic carbocycles. The molecule has 0 amide bonds. The Balaban J connectivity index is 1.73. The van der Waals surface area contributed by atoms with E-state index in [1.54, 1.807) is 0 Å². The van der Waals surface area contributed by atoms with E-state index < -0.39 is 0 Å². The van der Waals surface area contributed by atoms with Gasteiger partial charge in [0.15, 0.2) is 0 Å². The molecule has 2 aliphatic rings. The van der Waals surface area contributed by atoms with Gasteiger partial charge in [-0.15, -0.1) is 0 Å². The molecule has 2 fully saturated rings. The second-order valence-corrected chi connectivity index (χ2v) is 5.64. The zero-order valence-electron chi connectivity index (χ0n) is 10.4. The molecule has 3 atom stereocenters. The zero-order valence-corrected chi connectivity index (χ0v) is 10.4. The minimum Gasteiger partial charge on any atom is -0.381 e. The lowest BCUT2D eigenvalue weighted by Gasteiger charge is -2.35. The van der Waals surface area contributed by atoms with Crippen molar-refractivity contribution in [1.82, 2.24) is 0 Å². The van der Waals surface area contributed by atoms with Crippen LogP contribution in [-0.4, -0.2) is 13.2 Å². The van der Waals surface area contributed by atoms with Gasteiger partial charge in [0.25, 0.3) is 0 Å². The maximum atomic E-state index is 5.58. The summed E-state index contributed by atoms with van der Waals surface area (Å²) < 4.78 is 5.58. The van der Waals surface area contributed by atoms with Crippen LogP contribution in [-0.2, 0) is 4.74 Å². The van der Waals surface area contributed by atoms with Crippen LogP contribution in [0, 0.1) is 17.8 Å². The molecule has 0 N–H and O–H groups in total. The maximum absolute atomic E-state index is 5.58. The first-order valence-electron chi connectivity index (χ1n) is 6.86. The van der Waals surface area contributed by atoms with Gasteiger partial charge in [-0.05, 0) is 37.0 Å². The summed E-state index contributed by atoms with van der Waals surface area (Å²) >= 11 is 0. The first kappa shape index (κ1) is 11.4. The van der Waals surface area contributed by atoms with Gasteiger partial charge < -0.3 is 4.74 Å². The normalized spacial score (nSPS) is 36.8. The van der Waals surface area contributed by atoms with Crippen molar-refractivity contribution in [3.63, 3.8) is 0 Å². The van der Waals surface area contributed by atoms with Crippen molar-refractivity contribution < 1.29 is 4.74 Å². The third-order valence-electron chi connectivity index (χ3n) is 4.53. The molecule has 0 aromatic rings. The van der Waals surface area contributed by atoms with Crippen LogP contribution >= 0.6 is 0 Å². The van der Waals surface area contributed by atoms with Gasteiger partial charge in [0.05, 0.1) is 6.10 Å². The molecule has 15 heavy (non-hydrogen) atoms. The first-order valence-corrected chi connectivity index (χ1v) is 6.86. The van der Waals surface area contributed by atoms with E-state index in [1.807, 2.05) is 7.11 Å². The van der Waals surface area contributed by atoms with Crippen molar-refractivity contribution in [3.05, 3.63) is 0 Å². The highest BCUT2D eigenvalue weighted by Gasteiger charge is 2.30. The molecule has 0 heterocycles. The number of hydrogen-bond donors (Lipinski definition) is 0. The van der Waals surface area contributed by atoms with Crippen molar-refractivity contribution in [3.8, 4) is 0 Å². The summed E-state index contributed by atoms with van der Waals surface area (Å²) in [4.78, 5) is 0. The van der Waals surface area contributed by atoms with E-state index in [9.17, 15) is 0 Å². The molecule has 88 valence electrons. The lowest BCUT2D eigenvalue weighted by atomic mass is 9.76. The second kappa shape index (κ2) is 5.34. The summed E-state index contributed by atoms with van der Waals surface area (Å²) in [6, 6.07) is 0. The van der Waals surface area contributed by atoms with Gasteiger partial charge in [0.1, 0.15) is 0 Å². The highest BCUT2D eigenvalue weighted by Crippen LogP contribution is 2.39. The van der Waals surface area contributed by atoms with Crippen molar-refractivity contribution in [2.24, 2.45) is 17.8 Å². The molecular formula is C14H26O. The molecule has 1 nitrogen and oxygen atoms in total. The van der Waals surface area contributed by atoms with Gasteiger partial charge in [-0.1, -0.05) is 39.0 Å². The summed E-state index contributed by atoms with van der Waals surface area (Å²) in [5.41, 5.74) is 0. The van der Waals surface area contributed by atoms with Crippen LogP contribution < -0.4 is 0 Å². The van der Waals surface area contributed by atoms with E-state index >= 15 is 0 Å². The Morgan fingerprint density at radius 3 is 2.27 bits per heavy atom. The molecule has 0 radical (unpaired) electrons. The summed E-state index contributed by atoms with van der Waals surface area (Å²) in [6.07, 6.45) is 12.1. The van der Waals surface area contributed by atoms with Crippen LogP contribution in [0.15, 0.2) is 0 Å². The predicted molar refractivity (Wildman–Crippen MR) is 63.9 cm³/mol. The molecule has 0 saturated heterocycles. The summed E-state index contributed by atoms with van der Waals surface area (Å²) in [6.45, 7) is 2.32. The minimum atomic E-state index is 0.562. The Morgan fingerprint density at radius 1 is 1.00 bits per heavy atom.